The zero-order valence-corrected chi connectivity index (χ0v) is 16.1. The van der Waals surface area contributed by atoms with Crippen LogP contribution in [0.5, 0.6) is 5.75 Å². The number of halogens is 1. The minimum Gasteiger partial charge on any atom is -0.494 e. The summed E-state index contributed by atoms with van der Waals surface area (Å²) in [6.45, 7) is 7.11. The van der Waals surface area contributed by atoms with Crippen LogP contribution in [-0.4, -0.2) is 67.1 Å². The van der Waals surface area contributed by atoms with Gasteiger partial charge in [0.1, 0.15) is 17.6 Å². The average Bonchev–Trinajstić information content (AvgIpc) is 3.15. The minimum atomic E-state index is -0.251. The highest BCUT2D eigenvalue weighted by Gasteiger charge is 2.32. The quantitative estimate of drug-likeness (QED) is 0.676. The Morgan fingerprint density at radius 3 is 2.63 bits per heavy atom. The number of ether oxygens (including phenoxy) is 1. The Bertz CT molecular complexity index is 590. The Balaban J connectivity index is 1.30. The number of hydrogen-bond acceptors (Lipinski definition) is 5. The molecule has 1 aromatic rings. The zero-order chi connectivity index (χ0) is 19.1. The maximum absolute atomic E-state index is 12.9. The lowest BCUT2D eigenvalue weighted by Crippen LogP contribution is -2.53. The summed E-state index contributed by atoms with van der Waals surface area (Å²) in [5.74, 6) is 0.672. The molecular weight excluding hydrogens is 347 g/mol. The highest BCUT2D eigenvalue weighted by molar-refractivity contribution is 5.82. The van der Waals surface area contributed by atoms with Crippen molar-refractivity contribution in [3.05, 3.63) is 30.1 Å². The van der Waals surface area contributed by atoms with Gasteiger partial charge in [-0.1, -0.05) is 13.3 Å². The Morgan fingerprint density at radius 1 is 1.19 bits per heavy atom. The van der Waals surface area contributed by atoms with Crippen molar-refractivity contribution in [1.82, 2.24) is 20.7 Å². The van der Waals surface area contributed by atoms with E-state index in [1.165, 1.54) is 12.1 Å². The molecule has 0 saturated carbocycles. The van der Waals surface area contributed by atoms with Gasteiger partial charge < -0.3 is 9.64 Å². The lowest BCUT2D eigenvalue weighted by Gasteiger charge is -2.35. The van der Waals surface area contributed by atoms with E-state index in [2.05, 4.69) is 22.7 Å². The summed E-state index contributed by atoms with van der Waals surface area (Å²) in [5.41, 5.74) is 6.41. The Kier molecular flexibility index (Phi) is 7.43. The number of hydrogen-bond donors (Lipinski definition) is 2. The van der Waals surface area contributed by atoms with Crippen LogP contribution in [0.15, 0.2) is 24.3 Å². The van der Waals surface area contributed by atoms with Gasteiger partial charge in [0, 0.05) is 38.8 Å². The molecule has 1 aromatic carbocycles. The highest BCUT2D eigenvalue weighted by Crippen LogP contribution is 2.14. The predicted molar refractivity (Wildman–Crippen MR) is 103 cm³/mol. The summed E-state index contributed by atoms with van der Waals surface area (Å²) in [6.07, 6.45) is 4.03. The Hall–Kier alpha value is -1.70. The fourth-order valence-corrected chi connectivity index (χ4v) is 3.74. The number of rotatable bonds is 8. The van der Waals surface area contributed by atoms with Gasteiger partial charge in [-0.2, -0.15) is 0 Å². The normalized spacial score (nSPS) is 23.6. The second-order valence-electron chi connectivity index (χ2n) is 7.39. The molecule has 2 unspecified atom stereocenters. The Morgan fingerprint density at radius 2 is 1.93 bits per heavy atom. The summed E-state index contributed by atoms with van der Waals surface area (Å²) in [7, 11) is 0. The summed E-state index contributed by atoms with van der Waals surface area (Å²) in [6, 6.07) is 6.44. The largest absolute Gasteiger partial charge is 0.494 e. The van der Waals surface area contributed by atoms with E-state index in [0.29, 0.717) is 18.4 Å². The van der Waals surface area contributed by atoms with Crippen LogP contribution in [-0.2, 0) is 4.79 Å². The molecule has 2 fully saturated rings. The number of amides is 1. The van der Waals surface area contributed by atoms with Crippen molar-refractivity contribution in [1.29, 1.82) is 0 Å². The second-order valence-corrected chi connectivity index (χ2v) is 7.39. The third kappa shape index (κ3) is 5.89. The molecule has 27 heavy (non-hydrogen) atoms. The standard InChI is InChI=1S/C20H31FN4O2/c1-2-4-17-15-19(23-22-17)20(26)25-12-10-24(11-13-25)9-3-14-27-18-7-5-16(21)6-8-18/h5-8,17,19,22-23H,2-4,9-15H2,1H3. The average molecular weight is 378 g/mol. The molecule has 0 radical (unpaired) electrons. The van der Waals surface area contributed by atoms with Gasteiger partial charge >= 0.3 is 0 Å². The van der Waals surface area contributed by atoms with Crippen LogP contribution >= 0.6 is 0 Å². The van der Waals surface area contributed by atoms with Crippen molar-refractivity contribution in [2.75, 3.05) is 39.3 Å². The third-order valence-electron chi connectivity index (χ3n) is 5.30. The van der Waals surface area contributed by atoms with Crippen LogP contribution in [0.25, 0.3) is 0 Å². The molecule has 2 atom stereocenters. The summed E-state index contributed by atoms with van der Waals surface area (Å²) >= 11 is 0. The van der Waals surface area contributed by atoms with Gasteiger partial charge in [0.2, 0.25) is 5.91 Å². The molecule has 2 saturated heterocycles. The molecule has 2 aliphatic rings. The van der Waals surface area contributed by atoms with Gasteiger partial charge in [-0.25, -0.2) is 9.82 Å². The van der Waals surface area contributed by atoms with E-state index in [9.17, 15) is 9.18 Å². The van der Waals surface area contributed by atoms with Crippen LogP contribution in [0.2, 0.25) is 0 Å². The molecular formula is C20H31FN4O2. The predicted octanol–water partition coefficient (Wildman–Crippen LogP) is 1.77. The molecule has 150 valence electrons. The topological polar surface area (TPSA) is 56.8 Å². The third-order valence-corrected chi connectivity index (χ3v) is 5.30. The Labute approximate surface area is 161 Å². The van der Waals surface area contributed by atoms with Gasteiger partial charge in [0.05, 0.1) is 6.61 Å². The van der Waals surface area contributed by atoms with Crippen LogP contribution < -0.4 is 15.6 Å². The van der Waals surface area contributed by atoms with Crippen molar-refractivity contribution in [3.8, 4) is 5.75 Å². The number of carbonyl (C=O) groups is 1. The maximum Gasteiger partial charge on any atom is 0.241 e. The lowest BCUT2D eigenvalue weighted by molar-refractivity contribution is -0.135. The molecule has 0 bridgehead atoms. The first-order valence-corrected chi connectivity index (χ1v) is 10.1. The molecule has 6 nitrogen and oxygen atoms in total. The van der Waals surface area contributed by atoms with Crippen molar-refractivity contribution >= 4 is 5.91 Å². The van der Waals surface area contributed by atoms with Gasteiger partial charge in [-0.15, -0.1) is 0 Å². The smallest absolute Gasteiger partial charge is 0.241 e. The number of piperazine rings is 1. The maximum atomic E-state index is 12.9. The molecule has 0 aliphatic carbocycles. The fraction of sp³-hybridized carbons (Fsp3) is 0.650. The fourth-order valence-electron chi connectivity index (χ4n) is 3.74. The van der Waals surface area contributed by atoms with E-state index in [0.717, 1.165) is 58.4 Å². The van der Waals surface area contributed by atoms with Gasteiger partial charge in [0.25, 0.3) is 0 Å². The van der Waals surface area contributed by atoms with Crippen LogP contribution in [0.4, 0.5) is 4.39 Å². The number of carbonyl (C=O) groups excluding carboxylic acids is 1. The monoisotopic (exact) mass is 378 g/mol. The SMILES string of the molecule is CCCC1CC(C(=O)N2CCN(CCCOc3ccc(F)cc3)CC2)NN1. The van der Waals surface area contributed by atoms with Gasteiger partial charge in [0.15, 0.2) is 0 Å². The molecule has 1 amide bonds. The summed E-state index contributed by atoms with van der Waals surface area (Å²) in [4.78, 5) is 17.0. The molecule has 0 aromatic heterocycles. The summed E-state index contributed by atoms with van der Waals surface area (Å²) < 4.78 is 18.5. The van der Waals surface area contributed by atoms with Gasteiger partial charge in [-0.05, 0) is 43.5 Å². The first-order valence-electron chi connectivity index (χ1n) is 10.1. The minimum absolute atomic E-state index is 0.0859. The van der Waals surface area contributed by atoms with Gasteiger partial charge in [-0.3, -0.25) is 15.1 Å². The van der Waals surface area contributed by atoms with Crippen molar-refractivity contribution in [2.24, 2.45) is 0 Å². The molecule has 2 heterocycles. The van der Waals surface area contributed by atoms with Crippen LogP contribution in [0.1, 0.15) is 32.6 Å². The molecule has 0 spiro atoms. The first-order chi connectivity index (χ1) is 13.2. The van der Waals surface area contributed by atoms with Crippen molar-refractivity contribution in [2.45, 2.75) is 44.7 Å². The van der Waals surface area contributed by atoms with Crippen molar-refractivity contribution < 1.29 is 13.9 Å². The van der Waals surface area contributed by atoms with E-state index in [4.69, 9.17) is 4.74 Å². The van der Waals surface area contributed by atoms with E-state index >= 15 is 0 Å². The van der Waals surface area contributed by atoms with E-state index in [1.54, 1.807) is 12.1 Å². The van der Waals surface area contributed by atoms with E-state index < -0.39 is 0 Å². The first kappa shape index (κ1) is 20.0. The van der Waals surface area contributed by atoms with Crippen molar-refractivity contribution in [3.63, 3.8) is 0 Å². The highest BCUT2D eigenvalue weighted by atomic mass is 19.1. The molecule has 7 heteroatoms. The lowest BCUT2D eigenvalue weighted by atomic mass is 10.0. The van der Waals surface area contributed by atoms with Crippen LogP contribution in [0.3, 0.4) is 0 Å². The number of benzene rings is 1. The van der Waals surface area contributed by atoms with E-state index in [-0.39, 0.29) is 17.8 Å². The molecule has 3 rings (SSSR count). The summed E-state index contributed by atoms with van der Waals surface area (Å²) in [5, 5.41) is 0. The molecule has 2 N–H and O–H groups in total. The second kappa shape index (κ2) is 10.0. The van der Waals surface area contributed by atoms with E-state index in [1.807, 2.05) is 4.90 Å². The molecule has 2 aliphatic heterocycles. The number of hydrazine groups is 1. The number of nitrogens with one attached hydrogen (secondary N) is 2. The number of nitrogens with zero attached hydrogens (tertiary/aromatic N) is 2. The van der Waals surface area contributed by atoms with Crippen LogP contribution in [0, 0.1) is 5.82 Å². The zero-order valence-electron chi connectivity index (χ0n) is 16.1.